The number of nitrogens with one attached hydrogen (secondary N) is 1. The molecule has 0 heterocycles. The van der Waals surface area contributed by atoms with E-state index in [4.69, 9.17) is 0 Å². The molecule has 0 aliphatic carbocycles. The van der Waals surface area contributed by atoms with Crippen LogP contribution in [0.15, 0.2) is 42.5 Å². The van der Waals surface area contributed by atoms with Gasteiger partial charge in [0.1, 0.15) is 5.75 Å². The van der Waals surface area contributed by atoms with Crippen LogP contribution in [0.1, 0.15) is 33.2 Å². The van der Waals surface area contributed by atoms with Gasteiger partial charge in [-0.05, 0) is 49.7 Å². The summed E-state index contributed by atoms with van der Waals surface area (Å²) in [6.07, 6.45) is 0. The molecule has 0 aliphatic heterocycles. The number of amides is 1. The Morgan fingerprint density at radius 2 is 1.70 bits per heavy atom. The van der Waals surface area contributed by atoms with Crippen molar-refractivity contribution in [3.63, 3.8) is 0 Å². The predicted octanol–water partition coefficient (Wildman–Crippen LogP) is 3.16. The monoisotopic (exact) mass is 269 g/mol. The van der Waals surface area contributed by atoms with Gasteiger partial charge in [0.2, 0.25) is 0 Å². The summed E-state index contributed by atoms with van der Waals surface area (Å²) in [5, 5.41) is 12.5. The fourth-order valence-corrected chi connectivity index (χ4v) is 1.83. The van der Waals surface area contributed by atoms with Gasteiger partial charge in [0.25, 0.3) is 5.91 Å². The van der Waals surface area contributed by atoms with Crippen LogP contribution in [-0.4, -0.2) is 16.8 Å². The van der Waals surface area contributed by atoms with Gasteiger partial charge in [0.15, 0.2) is 5.78 Å². The summed E-state index contributed by atoms with van der Waals surface area (Å²) in [7, 11) is 0. The number of anilines is 1. The van der Waals surface area contributed by atoms with Crippen LogP contribution in [0.3, 0.4) is 0 Å². The van der Waals surface area contributed by atoms with Gasteiger partial charge >= 0.3 is 0 Å². The molecule has 0 bridgehead atoms. The number of carbonyl (C=O) groups excluding carboxylic acids is 2. The maximum Gasteiger partial charge on any atom is 0.259 e. The van der Waals surface area contributed by atoms with Crippen LogP contribution >= 0.6 is 0 Å². The number of phenols is 1. The highest BCUT2D eigenvalue weighted by Gasteiger charge is 2.12. The summed E-state index contributed by atoms with van der Waals surface area (Å²) in [5.41, 5.74) is 2.02. The lowest BCUT2D eigenvalue weighted by Gasteiger charge is -2.08. The average molecular weight is 269 g/mol. The number of ketones is 1. The highest BCUT2D eigenvalue weighted by atomic mass is 16.3. The molecule has 2 rings (SSSR count). The van der Waals surface area contributed by atoms with Crippen molar-refractivity contribution in [1.29, 1.82) is 0 Å². The van der Waals surface area contributed by atoms with Crippen molar-refractivity contribution in [1.82, 2.24) is 0 Å². The zero-order valence-corrected chi connectivity index (χ0v) is 11.3. The topological polar surface area (TPSA) is 66.4 Å². The molecule has 1 amide bonds. The van der Waals surface area contributed by atoms with Gasteiger partial charge in [0, 0.05) is 11.3 Å². The highest BCUT2D eigenvalue weighted by Crippen LogP contribution is 2.22. The Morgan fingerprint density at radius 3 is 2.30 bits per heavy atom. The van der Waals surface area contributed by atoms with Gasteiger partial charge in [0.05, 0.1) is 5.56 Å². The van der Waals surface area contributed by atoms with Crippen molar-refractivity contribution in [2.45, 2.75) is 13.8 Å². The van der Waals surface area contributed by atoms with E-state index in [0.29, 0.717) is 16.8 Å². The zero-order valence-electron chi connectivity index (χ0n) is 11.3. The van der Waals surface area contributed by atoms with Crippen LogP contribution in [0, 0.1) is 6.92 Å². The van der Waals surface area contributed by atoms with Crippen LogP contribution in [0.5, 0.6) is 5.75 Å². The minimum atomic E-state index is -0.387. The predicted molar refractivity (Wildman–Crippen MR) is 77.2 cm³/mol. The van der Waals surface area contributed by atoms with Crippen molar-refractivity contribution >= 4 is 17.4 Å². The van der Waals surface area contributed by atoms with E-state index < -0.39 is 0 Å². The summed E-state index contributed by atoms with van der Waals surface area (Å²) in [5.74, 6) is -0.439. The van der Waals surface area contributed by atoms with Gasteiger partial charge in [-0.1, -0.05) is 12.1 Å². The van der Waals surface area contributed by atoms with Gasteiger partial charge in [-0.3, -0.25) is 9.59 Å². The normalized spacial score (nSPS) is 10.1. The largest absolute Gasteiger partial charge is 0.507 e. The third-order valence-corrected chi connectivity index (χ3v) is 3.03. The maximum atomic E-state index is 12.1. The van der Waals surface area contributed by atoms with Crippen molar-refractivity contribution in [3.8, 4) is 5.75 Å². The molecule has 0 saturated heterocycles. The van der Waals surface area contributed by atoms with Crippen molar-refractivity contribution < 1.29 is 14.7 Å². The number of rotatable bonds is 3. The van der Waals surface area contributed by atoms with E-state index >= 15 is 0 Å². The van der Waals surface area contributed by atoms with Crippen LogP contribution in [0.4, 0.5) is 5.69 Å². The van der Waals surface area contributed by atoms with Crippen molar-refractivity contribution in [3.05, 3.63) is 59.2 Å². The van der Waals surface area contributed by atoms with Gasteiger partial charge in [-0.2, -0.15) is 0 Å². The minimum Gasteiger partial charge on any atom is -0.507 e. The molecule has 4 heteroatoms. The number of aromatic hydroxyl groups is 1. The SMILES string of the molecule is CC(=O)c1ccc(NC(=O)c2cccc(C)c2O)cc1. The maximum absolute atomic E-state index is 12.1. The summed E-state index contributed by atoms with van der Waals surface area (Å²) < 4.78 is 0. The average Bonchev–Trinajstić information content (AvgIpc) is 2.42. The number of Topliss-reactive ketones (excluding diaryl/α,β-unsaturated/α-hetero) is 1. The van der Waals surface area contributed by atoms with Gasteiger partial charge in [-0.15, -0.1) is 0 Å². The lowest BCUT2D eigenvalue weighted by Crippen LogP contribution is -2.12. The molecule has 102 valence electrons. The Balaban J connectivity index is 2.19. The van der Waals surface area contributed by atoms with Crippen molar-refractivity contribution in [2.24, 2.45) is 0 Å². The molecule has 0 saturated carbocycles. The molecule has 0 unspecified atom stereocenters. The van der Waals surface area contributed by atoms with E-state index in [-0.39, 0.29) is 23.0 Å². The van der Waals surface area contributed by atoms with E-state index in [2.05, 4.69) is 5.32 Å². The van der Waals surface area contributed by atoms with Crippen LogP contribution in [-0.2, 0) is 0 Å². The number of benzene rings is 2. The van der Waals surface area contributed by atoms with E-state index in [9.17, 15) is 14.7 Å². The van der Waals surface area contributed by atoms with E-state index in [1.165, 1.54) is 6.92 Å². The van der Waals surface area contributed by atoms with Crippen LogP contribution in [0.2, 0.25) is 0 Å². The summed E-state index contributed by atoms with van der Waals surface area (Å²) in [6.45, 7) is 3.21. The van der Waals surface area contributed by atoms with Gasteiger partial charge < -0.3 is 10.4 Å². The van der Waals surface area contributed by atoms with Crippen molar-refractivity contribution in [2.75, 3.05) is 5.32 Å². The molecule has 0 radical (unpaired) electrons. The van der Waals surface area contributed by atoms with E-state index in [1.54, 1.807) is 49.4 Å². The smallest absolute Gasteiger partial charge is 0.259 e. The lowest BCUT2D eigenvalue weighted by molar-refractivity contribution is 0.101. The first kappa shape index (κ1) is 13.8. The molecule has 2 aromatic carbocycles. The Labute approximate surface area is 117 Å². The Hall–Kier alpha value is -2.62. The first-order chi connectivity index (χ1) is 9.49. The van der Waals surface area contributed by atoms with E-state index in [0.717, 1.165) is 0 Å². The second-order valence-corrected chi connectivity index (χ2v) is 4.56. The quantitative estimate of drug-likeness (QED) is 0.841. The lowest BCUT2D eigenvalue weighted by atomic mass is 10.1. The number of aryl methyl sites for hydroxylation is 1. The second-order valence-electron chi connectivity index (χ2n) is 4.56. The zero-order chi connectivity index (χ0) is 14.7. The van der Waals surface area contributed by atoms with Crippen LogP contribution in [0.25, 0.3) is 0 Å². The molecule has 0 aromatic heterocycles. The number of phenolic OH excluding ortho intramolecular Hbond substituents is 1. The Bertz CT molecular complexity index is 660. The highest BCUT2D eigenvalue weighted by molar-refractivity contribution is 6.06. The van der Waals surface area contributed by atoms with E-state index in [1.807, 2.05) is 0 Å². The molecular weight excluding hydrogens is 254 g/mol. The molecular formula is C16H15NO3. The molecule has 4 nitrogen and oxygen atoms in total. The Kier molecular flexibility index (Phi) is 3.84. The molecule has 20 heavy (non-hydrogen) atoms. The fourth-order valence-electron chi connectivity index (χ4n) is 1.83. The minimum absolute atomic E-state index is 0.0228. The van der Waals surface area contributed by atoms with Crippen LogP contribution < -0.4 is 5.32 Å². The standard InChI is InChI=1S/C16H15NO3/c1-10-4-3-5-14(15(10)19)16(20)17-13-8-6-12(7-9-13)11(2)18/h3-9,19H,1-2H3,(H,17,20). The second kappa shape index (κ2) is 5.57. The molecule has 0 fully saturated rings. The summed E-state index contributed by atoms with van der Waals surface area (Å²) >= 11 is 0. The molecule has 0 aliphatic rings. The van der Waals surface area contributed by atoms with Gasteiger partial charge in [-0.25, -0.2) is 0 Å². The number of carbonyl (C=O) groups is 2. The number of hydrogen-bond donors (Lipinski definition) is 2. The third kappa shape index (κ3) is 2.85. The summed E-state index contributed by atoms with van der Waals surface area (Å²) in [6, 6.07) is 11.6. The third-order valence-electron chi connectivity index (χ3n) is 3.03. The molecule has 2 N–H and O–H groups in total. The summed E-state index contributed by atoms with van der Waals surface area (Å²) in [4.78, 5) is 23.2. The first-order valence-electron chi connectivity index (χ1n) is 6.20. The fraction of sp³-hybridized carbons (Fsp3) is 0.125. The first-order valence-corrected chi connectivity index (χ1v) is 6.20. The Morgan fingerprint density at radius 1 is 1.05 bits per heavy atom. The molecule has 0 atom stereocenters. The molecule has 2 aromatic rings. The number of para-hydroxylation sites is 1. The molecule has 0 spiro atoms. The number of hydrogen-bond acceptors (Lipinski definition) is 3.